The Morgan fingerprint density at radius 2 is 1.89 bits per heavy atom. The summed E-state index contributed by atoms with van der Waals surface area (Å²) in [7, 11) is 0. The van der Waals surface area contributed by atoms with Gasteiger partial charge in [0.2, 0.25) is 0 Å². The number of para-hydroxylation sites is 1. The van der Waals surface area contributed by atoms with E-state index < -0.39 is 22.4 Å². The minimum Gasteiger partial charge on any atom is -0.258 e. The van der Waals surface area contributed by atoms with Crippen LogP contribution < -0.4 is 0 Å². The van der Waals surface area contributed by atoms with Crippen LogP contribution in [0, 0.1) is 16.0 Å². The summed E-state index contributed by atoms with van der Waals surface area (Å²) in [4.78, 5) is 10.1. The maximum Gasteiger partial charge on any atom is 0.423 e. The van der Waals surface area contributed by atoms with E-state index in [1.165, 1.54) is 12.1 Å². The van der Waals surface area contributed by atoms with Crippen LogP contribution in [-0.4, -0.2) is 4.92 Å². The Bertz CT molecular complexity index is 479. The van der Waals surface area contributed by atoms with Crippen molar-refractivity contribution >= 4 is 5.69 Å². The van der Waals surface area contributed by atoms with Gasteiger partial charge < -0.3 is 0 Å². The van der Waals surface area contributed by atoms with Crippen molar-refractivity contribution in [2.75, 3.05) is 0 Å². The van der Waals surface area contributed by atoms with Crippen LogP contribution in [0.2, 0.25) is 0 Å². The number of alkyl halides is 3. The van der Waals surface area contributed by atoms with Crippen molar-refractivity contribution in [1.29, 1.82) is 0 Å². The van der Waals surface area contributed by atoms with E-state index in [4.69, 9.17) is 0 Å². The summed E-state index contributed by atoms with van der Waals surface area (Å²) >= 11 is 0. The standard InChI is InChI=1S/C13H14F3NO2/c14-13(15,16)11-7-3-6-10(12(11)17(18)19)8-9-4-1-2-5-9/h3,6-7,9H,1-2,4-5,8H2. The van der Waals surface area contributed by atoms with Crippen LogP contribution in [-0.2, 0) is 12.6 Å². The Hall–Kier alpha value is -1.59. The van der Waals surface area contributed by atoms with Gasteiger partial charge in [0.15, 0.2) is 0 Å². The lowest BCUT2D eigenvalue weighted by atomic mass is 9.95. The van der Waals surface area contributed by atoms with Gasteiger partial charge in [0.05, 0.1) is 4.92 Å². The van der Waals surface area contributed by atoms with Gasteiger partial charge in [-0.3, -0.25) is 10.1 Å². The third kappa shape index (κ3) is 3.05. The zero-order valence-corrected chi connectivity index (χ0v) is 10.2. The Morgan fingerprint density at radius 3 is 2.42 bits per heavy atom. The lowest BCUT2D eigenvalue weighted by molar-refractivity contribution is -0.388. The SMILES string of the molecule is O=[N+]([O-])c1c(CC2CCCC2)cccc1C(F)(F)F. The fourth-order valence-corrected chi connectivity index (χ4v) is 2.73. The number of hydrogen-bond acceptors (Lipinski definition) is 2. The number of rotatable bonds is 3. The summed E-state index contributed by atoms with van der Waals surface area (Å²) in [5.74, 6) is 0.266. The molecule has 104 valence electrons. The van der Waals surface area contributed by atoms with Gasteiger partial charge in [-0.05, 0) is 18.4 Å². The molecule has 0 spiro atoms. The molecule has 1 fully saturated rings. The molecule has 0 amide bonds. The highest BCUT2D eigenvalue weighted by atomic mass is 19.4. The van der Waals surface area contributed by atoms with Gasteiger partial charge in [-0.15, -0.1) is 0 Å². The molecule has 1 aromatic carbocycles. The predicted octanol–water partition coefficient (Wildman–Crippen LogP) is 4.35. The minimum absolute atomic E-state index is 0.201. The van der Waals surface area contributed by atoms with Crippen LogP contribution >= 0.6 is 0 Å². The van der Waals surface area contributed by atoms with Gasteiger partial charge >= 0.3 is 6.18 Å². The minimum atomic E-state index is -4.69. The fourth-order valence-electron chi connectivity index (χ4n) is 2.73. The number of nitro groups is 1. The Labute approximate surface area is 108 Å². The van der Waals surface area contributed by atoms with Crippen LogP contribution in [0.5, 0.6) is 0 Å². The first-order chi connectivity index (χ1) is 8.89. The monoisotopic (exact) mass is 273 g/mol. The van der Waals surface area contributed by atoms with Crippen LogP contribution in [0.4, 0.5) is 18.9 Å². The molecule has 0 bridgehead atoms. The molecule has 0 unspecified atom stereocenters. The third-order valence-electron chi connectivity index (χ3n) is 3.59. The first-order valence-corrected chi connectivity index (χ1v) is 6.23. The van der Waals surface area contributed by atoms with Crippen molar-refractivity contribution in [3.05, 3.63) is 39.4 Å². The average Bonchev–Trinajstić information content (AvgIpc) is 2.80. The first kappa shape index (κ1) is 13.8. The number of nitrogens with zero attached hydrogens (tertiary/aromatic N) is 1. The predicted molar refractivity (Wildman–Crippen MR) is 63.8 cm³/mol. The molecule has 0 saturated heterocycles. The summed E-state index contributed by atoms with van der Waals surface area (Å²) in [5.41, 5.74) is -1.72. The second-order valence-corrected chi connectivity index (χ2v) is 4.92. The van der Waals surface area contributed by atoms with Gasteiger partial charge in [-0.1, -0.05) is 37.8 Å². The summed E-state index contributed by atoms with van der Waals surface area (Å²) in [6.45, 7) is 0. The zero-order chi connectivity index (χ0) is 14.0. The van der Waals surface area contributed by atoms with E-state index >= 15 is 0 Å². The molecule has 0 atom stereocenters. The highest BCUT2D eigenvalue weighted by Gasteiger charge is 2.39. The van der Waals surface area contributed by atoms with Crippen LogP contribution in [0.1, 0.15) is 36.8 Å². The second-order valence-electron chi connectivity index (χ2n) is 4.92. The van der Waals surface area contributed by atoms with Crippen LogP contribution in [0.25, 0.3) is 0 Å². The van der Waals surface area contributed by atoms with Crippen molar-refractivity contribution < 1.29 is 18.1 Å². The second kappa shape index (κ2) is 5.19. The Morgan fingerprint density at radius 1 is 1.26 bits per heavy atom. The van der Waals surface area contributed by atoms with Crippen LogP contribution in [0.15, 0.2) is 18.2 Å². The first-order valence-electron chi connectivity index (χ1n) is 6.23. The zero-order valence-electron chi connectivity index (χ0n) is 10.2. The molecule has 0 heterocycles. The molecule has 3 nitrogen and oxygen atoms in total. The summed E-state index contributed by atoms with van der Waals surface area (Å²) < 4.78 is 38.4. The quantitative estimate of drug-likeness (QED) is 0.607. The normalized spacial score (nSPS) is 16.8. The van der Waals surface area contributed by atoms with Gasteiger partial charge in [0, 0.05) is 5.56 Å². The topological polar surface area (TPSA) is 43.1 Å². The molecule has 0 aromatic heterocycles. The largest absolute Gasteiger partial charge is 0.423 e. The summed E-state index contributed by atoms with van der Waals surface area (Å²) in [6.07, 6.45) is -0.343. The molecule has 1 aliphatic carbocycles. The highest BCUT2D eigenvalue weighted by Crippen LogP contribution is 2.39. The van der Waals surface area contributed by atoms with Crippen molar-refractivity contribution in [2.24, 2.45) is 5.92 Å². The molecule has 1 aromatic rings. The molecule has 0 radical (unpaired) electrons. The average molecular weight is 273 g/mol. The molecule has 1 saturated carbocycles. The molecule has 6 heteroatoms. The maximum atomic E-state index is 12.8. The lowest BCUT2D eigenvalue weighted by Gasteiger charge is -2.13. The van der Waals surface area contributed by atoms with Crippen LogP contribution in [0.3, 0.4) is 0 Å². The van der Waals surface area contributed by atoms with Gasteiger partial charge in [-0.2, -0.15) is 13.2 Å². The highest BCUT2D eigenvalue weighted by molar-refractivity contribution is 5.49. The van der Waals surface area contributed by atoms with Gasteiger partial charge in [0.1, 0.15) is 5.56 Å². The van der Waals surface area contributed by atoms with E-state index in [0.29, 0.717) is 6.42 Å². The van der Waals surface area contributed by atoms with Gasteiger partial charge in [-0.25, -0.2) is 0 Å². The van der Waals surface area contributed by atoms with E-state index in [2.05, 4.69) is 0 Å². The summed E-state index contributed by atoms with van der Waals surface area (Å²) in [6, 6.07) is 3.46. The van der Waals surface area contributed by atoms with E-state index in [9.17, 15) is 23.3 Å². The molecule has 1 aliphatic rings. The number of hydrogen-bond donors (Lipinski definition) is 0. The third-order valence-corrected chi connectivity index (χ3v) is 3.59. The van der Waals surface area contributed by atoms with Crippen molar-refractivity contribution in [3.63, 3.8) is 0 Å². The Balaban J connectivity index is 2.39. The van der Waals surface area contributed by atoms with E-state index in [1.807, 2.05) is 0 Å². The van der Waals surface area contributed by atoms with Gasteiger partial charge in [0.25, 0.3) is 5.69 Å². The van der Waals surface area contributed by atoms with Crippen molar-refractivity contribution in [1.82, 2.24) is 0 Å². The molecule has 0 aliphatic heterocycles. The maximum absolute atomic E-state index is 12.8. The molecule has 19 heavy (non-hydrogen) atoms. The molecule has 0 N–H and O–H groups in total. The summed E-state index contributed by atoms with van der Waals surface area (Å²) in [5, 5.41) is 11.0. The van der Waals surface area contributed by atoms with Crippen molar-refractivity contribution in [3.8, 4) is 0 Å². The van der Waals surface area contributed by atoms with E-state index in [1.54, 1.807) is 0 Å². The molecular formula is C13H14F3NO2. The fraction of sp³-hybridized carbons (Fsp3) is 0.538. The molecular weight excluding hydrogens is 259 g/mol. The number of benzene rings is 1. The molecule has 2 rings (SSSR count). The van der Waals surface area contributed by atoms with E-state index in [-0.39, 0.29) is 11.5 Å². The lowest BCUT2D eigenvalue weighted by Crippen LogP contribution is -2.12. The number of halogens is 3. The van der Waals surface area contributed by atoms with Crippen molar-refractivity contribution in [2.45, 2.75) is 38.3 Å². The number of nitro benzene ring substituents is 1. The Kier molecular flexibility index (Phi) is 3.78. The van der Waals surface area contributed by atoms with E-state index in [0.717, 1.165) is 31.7 Å². The smallest absolute Gasteiger partial charge is 0.258 e.